The first-order valence-corrected chi connectivity index (χ1v) is 5.08. The van der Waals surface area contributed by atoms with Crippen molar-refractivity contribution in [1.29, 1.82) is 0 Å². The average molecular weight is 281 g/mol. The predicted molar refractivity (Wildman–Crippen MR) is 58.2 cm³/mol. The van der Waals surface area contributed by atoms with Gasteiger partial charge in [0.2, 0.25) is 0 Å². The van der Waals surface area contributed by atoms with Gasteiger partial charge in [-0.3, -0.25) is 0 Å². The molecule has 0 aliphatic carbocycles. The van der Waals surface area contributed by atoms with Crippen LogP contribution in [0.1, 0.15) is 16.7 Å². The Labute approximate surface area is 86.1 Å². The van der Waals surface area contributed by atoms with Crippen LogP contribution < -0.4 is 0 Å². The summed E-state index contributed by atoms with van der Waals surface area (Å²) in [6.07, 6.45) is 0. The molecule has 1 aromatic carbocycles. The number of alkyl halides is 1. The van der Waals surface area contributed by atoms with Crippen LogP contribution in [-0.4, -0.2) is 0 Å². The van der Waals surface area contributed by atoms with Gasteiger partial charge in [-0.15, -0.1) is 11.6 Å². The maximum atomic E-state index is 5.77. The number of benzene rings is 1. The molecule has 0 aromatic heterocycles. The van der Waals surface area contributed by atoms with Gasteiger partial charge in [0.1, 0.15) is 0 Å². The van der Waals surface area contributed by atoms with Crippen LogP contribution in [0.15, 0.2) is 12.1 Å². The fourth-order valence-corrected chi connectivity index (χ4v) is 2.07. The Kier molecular flexibility index (Phi) is 3.19. The second-order valence-corrected chi connectivity index (χ2v) is 4.03. The van der Waals surface area contributed by atoms with Gasteiger partial charge in [-0.2, -0.15) is 0 Å². The highest BCUT2D eigenvalue weighted by atomic mass is 127. The first-order valence-electron chi connectivity index (χ1n) is 3.46. The molecule has 0 heterocycles. The molecule has 0 fully saturated rings. The van der Waals surface area contributed by atoms with Gasteiger partial charge in [0.25, 0.3) is 0 Å². The standard InChI is InChI=1S/C9H10ClI/c1-6-3-7(2)9(11)8(4-6)5-10/h3-4H,5H2,1-2H3. The van der Waals surface area contributed by atoms with E-state index in [4.69, 9.17) is 11.6 Å². The highest BCUT2D eigenvalue weighted by Crippen LogP contribution is 2.20. The summed E-state index contributed by atoms with van der Waals surface area (Å²) in [5, 5.41) is 0. The van der Waals surface area contributed by atoms with Gasteiger partial charge in [-0.25, -0.2) is 0 Å². The lowest BCUT2D eigenvalue weighted by Crippen LogP contribution is -1.90. The van der Waals surface area contributed by atoms with Crippen LogP contribution in [0.4, 0.5) is 0 Å². The number of hydrogen-bond donors (Lipinski definition) is 0. The van der Waals surface area contributed by atoms with Crippen molar-refractivity contribution < 1.29 is 0 Å². The summed E-state index contributed by atoms with van der Waals surface area (Å²) in [4.78, 5) is 0. The average Bonchev–Trinajstić information content (AvgIpc) is 1.96. The summed E-state index contributed by atoms with van der Waals surface area (Å²) in [5.74, 6) is 0.612. The monoisotopic (exact) mass is 280 g/mol. The molecule has 0 aliphatic rings. The molecule has 0 unspecified atom stereocenters. The third-order valence-corrected chi connectivity index (χ3v) is 3.45. The minimum atomic E-state index is 0.612. The zero-order valence-electron chi connectivity index (χ0n) is 6.62. The summed E-state index contributed by atoms with van der Waals surface area (Å²) in [5.41, 5.74) is 3.85. The Bertz CT molecular complexity index is 269. The molecular weight excluding hydrogens is 270 g/mol. The molecule has 0 N–H and O–H groups in total. The van der Waals surface area contributed by atoms with Crippen LogP contribution in [0.5, 0.6) is 0 Å². The van der Waals surface area contributed by atoms with Gasteiger partial charge in [0, 0.05) is 9.45 Å². The van der Waals surface area contributed by atoms with Crippen LogP contribution in [-0.2, 0) is 5.88 Å². The van der Waals surface area contributed by atoms with E-state index in [0.29, 0.717) is 5.88 Å². The van der Waals surface area contributed by atoms with E-state index in [1.807, 2.05) is 0 Å². The Morgan fingerprint density at radius 3 is 2.55 bits per heavy atom. The molecule has 0 saturated carbocycles. The molecule has 0 radical (unpaired) electrons. The molecule has 0 saturated heterocycles. The van der Waals surface area contributed by atoms with Gasteiger partial charge in [0.15, 0.2) is 0 Å². The lowest BCUT2D eigenvalue weighted by Gasteiger charge is -2.05. The van der Waals surface area contributed by atoms with Crippen LogP contribution in [0.25, 0.3) is 0 Å². The number of rotatable bonds is 1. The second-order valence-electron chi connectivity index (χ2n) is 2.69. The Hall–Kier alpha value is 0.240. The number of halogens is 2. The third-order valence-electron chi connectivity index (χ3n) is 1.62. The topological polar surface area (TPSA) is 0 Å². The van der Waals surface area contributed by atoms with Crippen molar-refractivity contribution in [2.75, 3.05) is 0 Å². The van der Waals surface area contributed by atoms with Crippen LogP contribution in [0.3, 0.4) is 0 Å². The number of hydrogen-bond acceptors (Lipinski definition) is 0. The van der Waals surface area contributed by atoms with Gasteiger partial charge < -0.3 is 0 Å². The Balaban J connectivity index is 3.24. The smallest absolute Gasteiger partial charge is 0.0484 e. The van der Waals surface area contributed by atoms with E-state index in [0.717, 1.165) is 0 Å². The summed E-state index contributed by atoms with van der Waals surface area (Å²) < 4.78 is 1.29. The van der Waals surface area contributed by atoms with Gasteiger partial charge >= 0.3 is 0 Å². The molecule has 0 aliphatic heterocycles. The van der Waals surface area contributed by atoms with Crippen molar-refractivity contribution in [2.45, 2.75) is 19.7 Å². The molecule has 1 rings (SSSR count). The fourth-order valence-electron chi connectivity index (χ4n) is 1.14. The van der Waals surface area contributed by atoms with Gasteiger partial charge in [0.05, 0.1) is 0 Å². The first-order chi connectivity index (χ1) is 5.15. The second kappa shape index (κ2) is 3.76. The van der Waals surface area contributed by atoms with E-state index in [9.17, 15) is 0 Å². The predicted octanol–water partition coefficient (Wildman–Crippen LogP) is 3.65. The molecule has 0 amide bonds. The molecule has 0 spiro atoms. The number of aryl methyl sites for hydroxylation is 2. The van der Waals surface area contributed by atoms with Crippen molar-refractivity contribution in [3.8, 4) is 0 Å². The van der Waals surface area contributed by atoms with E-state index in [1.54, 1.807) is 0 Å². The van der Waals surface area contributed by atoms with E-state index in [1.165, 1.54) is 20.3 Å². The molecule has 0 atom stereocenters. The van der Waals surface area contributed by atoms with Crippen LogP contribution in [0.2, 0.25) is 0 Å². The highest BCUT2D eigenvalue weighted by Gasteiger charge is 2.01. The van der Waals surface area contributed by atoms with Crippen molar-refractivity contribution in [3.05, 3.63) is 32.4 Å². The summed E-state index contributed by atoms with van der Waals surface area (Å²) >= 11 is 8.11. The van der Waals surface area contributed by atoms with Crippen molar-refractivity contribution in [1.82, 2.24) is 0 Å². The van der Waals surface area contributed by atoms with E-state index < -0.39 is 0 Å². The van der Waals surface area contributed by atoms with Gasteiger partial charge in [-0.1, -0.05) is 17.7 Å². The van der Waals surface area contributed by atoms with E-state index in [2.05, 4.69) is 48.6 Å². The lowest BCUT2D eigenvalue weighted by atomic mass is 10.1. The third kappa shape index (κ3) is 2.09. The minimum absolute atomic E-state index is 0.612. The summed E-state index contributed by atoms with van der Waals surface area (Å²) in [7, 11) is 0. The van der Waals surface area contributed by atoms with Crippen LogP contribution >= 0.6 is 34.2 Å². The Morgan fingerprint density at radius 2 is 2.00 bits per heavy atom. The van der Waals surface area contributed by atoms with Crippen molar-refractivity contribution in [3.63, 3.8) is 0 Å². The normalized spacial score (nSPS) is 10.2. The molecule has 2 heteroatoms. The first kappa shape index (κ1) is 9.33. The molecule has 0 nitrogen and oxygen atoms in total. The van der Waals surface area contributed by atoms with Crippen molar-refractivity contribution in [2.24, 2.45) is 0 Å². The Morgan fingerprint density at radius 1 is 1.36 bits per heavy atom. The maximum Gasteiger partial charge on any atom is 0.0484 e. The highest BCUT2D eigenvalue weighted by molar-refractivity contribution is 14.1. The minimum Gasteiger partial charge on any atom is -0.122 e. The zero-order chi connectivity index (χ0) is 8.43. The quantitative estimate of drug-likeness (QED) is 0.544. The van der Waals surface area contributed by atoms with E-state index in [-0.39, 0.29) is 0 Å². The molecular formula is C9H10ClI. The molecule has 1 aromatic rings. The largest absolute Gasteiger partial charge is 0.122 e. The lowest BCUT2D eigenvalue weighted by molar-refractivity contribution is 1.26. The fraction of sp³-hybridized carbons (Fsp3) is 0.333. The SMILES string of the molecule is Cc1cc(C)c(I)c(CCl)c1. The maximum absolute atomic E-state index is 5.77. The molecule has 11 heavy (non-hydrogen) atoms. The summed E-state index contributed by atoms with van der Waals surface area (Å²) in [6, 6.07) is 4.32. The summed E-state index contributed by atoms with van der Waals surface area (Å²) in [6.45, 7) is 4.21. The zero-order valence-corrected chi connectivity index (χ0v) is 9.53. The van der Waals surface area contributed by atoms with Crippen molar-refractivity contribution >= 4 is 34.2 Å². The van der Waals surface area contributed by atoms with Gasteiger partial charge in [-0.05, 0) is 47.6 Å². The van der Waals surface area contributed by atoms with E-state index >= 15 is 0 Å². The molecule has 60 valence electrons. The molecule has 0 bridgehead atoms. The van der Waals surface area contributed by atoms with Crippen LogP contribution in [0, 0.1) is 17.4 Å².